The van der Waals surface area contributed by atoms with Gasteiger partial charge in [0.2, 0.25) is 11.7 Å². The van der Waals surface area contributed by atoms with Gasteiger partial charge in [-0.2, -0.15) is 0 Å². The molecule has 4 atom stereocenters. The Morgan fingerprint density at radius 2 is 1.76 bits per heavy atom. The monoisotopic (exact) mass is 513 g/mol. The van der Waals surface area contributed by atoms with Gasteiger partial charge in [-0.15, -0.1) is 0 Å². The molecule has 0 spiro atoms. The SMILES string of the molecule is CC(=O)C1=C(O)[C@@]2(O)C(=O)C3=C(O)c4c(O)ccc(NC(=O)CN(C)C)c4C[C@H]3C[C@H]2[C@H](N(C)C)C1=O. The minimum atomic E-state index is -2.62. The number of carbonyl (C=O) groups is 4. The highest BCUT2D eigenvalue weighted by atomic mass is 16.3. The minimum Gasteiger partial charge on any atom is -0.508 e. The first kappa shape index (κ1) is 26.5. The zero-order valence-electron chi connectivity index (χ0n) is 21.3. The molecule has 4 rings (SSSR count). The van der Waals surface area contributed by atoms with Crippen molar-refractivity contribution in [3.63, 3.8) is 0 Å². The van der Waals surface area contributed by atoms with Gasteiger partial charge in [-0.1, -0.05) is 0 Å². The van der Waals surface area contributed by atoms with Crippen LogP contribution in [0.15, 0.2) is 29.0 Å². The van der Waals surface area contributed by atoms with Crippen LogP contribution < -0.4 is 5.32 Å². The van der Waals surface area contributed by atoms with Crippen LogP contribution in [0.4, 0.5) is 5.69 Å². The van der Waals surface area contributed by atoms with Crippen molar-refractivity contribution in [2.75, 3.05) is 40.1 Å². The summed E-state index contributed by atoms with van der Waals surface area (Å²) in [6.45, 7) is 1.16. The number of anilines is 1. The maximum Gasteiger partial charge on any atom is 0.238 e. The number of nitrogens with zero attached hydrogens (tertiary/aromatic N) is 2. The Kier molecular flexibility index (Phi) is 6.51. The molecule has 1 amide bonds. The van der Waals surface area contributed by atoms with Gasteiger partial charge in [-0.3, -0.25) is 24.1 Å². The van der Waals surface area contributed by atoms with Gasteiger partial charge in [0.15, 0.2) is 17.2 Å². The fourth-order valence-corrected chi connectivity index (χ4v) is 5.94. The summed E-state index contributed by atoms with van der Waals surface area (Å²) in [6, 6.07) is 1.69. The molecule has 1 fully saturated rings. The summed E-state index contributed by atoms with van der Waals surface area (Å²) in [6.07, 6.45) is 0.114. The van der Waals surface area contributed by atoms with Gasteiger partial charge in [0.05, 0.1) is 18.2 Å². The topological polar surface area (TPSA) is 168 Å². The molecule has 0 unspecified atom stereocenters. The molecular formula is C26H31N3O8. The van der Waals surface area contributed by atoms with Gasteiger partial charge < -0.3 is 30.6 Å². The van der Waals surface area contributed by atoms with Gasteiger partial charge in [-0.05, 0) is 71.6 Å². The number of aliphatic hydroxyl groups excluding tert-OH is 2. The zero-order chi connectivity index (χ0) is 27.6. The second kappa shape index (κ2) is 9.09. The highest BCUT2D eigenvalue weighted by Gasteiger charge is 2.64. The summed E-state index contributed by atoms with van der Waals surface area (Å²) < 4.78 is 0. The Morgan fingerprint density at radius 1 is 1.11 bits per heavy atom. The van der Waals surface area contributed by atoms with E-state index in [-0.39, 0.29) is 42.2 Å². The number of aliphatic hydroxyl groups is 3. The lowest BCUT2D eigenvalue weighted by atomic mass is 9.57. The predicted octanol–water partition coefficient (Wildman–Crippen LogP) is 0.568. The Hall–Kier alpha value is -3.54. The van der Waals surface area contributed by atoms with E-state index in [4.69, 9.17) is 0 Å². The number of phenolic OH excluding ortho intramolecular Hbond substituents is 1. The van der Waals surface area contributed by atoms with Crippen molar-refractivity contribution >= 4 is 34.7 Å². The number of hydrogen-bond donors (Lipinski definition) is 5. The van der Waals surface area contributed by atoms with Crippen LogP contribution in [0, 0.1) is 11.8 Å². The smallest absolute Gasteiger partial charge is 0.238 e. The molecule has 1 aromatic rings. The summed E-state index contributed by atoms with van der Waals surface area (Å²) in [4.78, 5) is 54.9. The quantitative estimate of drug-likeness (QED) is 0.277. The lowest BCUT2D eigenvalue weighted by Crippen LogP contribution is -2.65. The number of aromatic hydroxyl groups is 1. The van der Waals surface area contributed by atoms with Crippen molar-refractivity contribution in [1.82, 2.24) is 9.80 Å². The molecule has 11 nitrogen and oxygen atoms in total. The van der Waals surface area contributed by atoms with Crippen LogP contribution in [-0.4, -0.2) is 99.9 Å². The molecular weight excluding hydrogens is 482 g/mol. The minimum absolute atomic E-state index is 0.00560. The number of Topliss-reactive ketones (excluding diaryl/α,β-unsaturated/α-hetero) is 3. The van der Waals surface area contributed by atoms with Crippen molar-refractivity contribution in [2.45, 2.75) is 31.4 Å². The van der Waals surface area contributed by atoms with Crippen LogP contribution >= 0.6 is 0 Å². The summed E-state index contributed by atoms with van der Waals surface area (Å²) in [5.74, 6) is -6.58. The third kappa shape index (κ3) is 3.94. The number of rotatable bonds is 5. The first-order valence-electron chi connectivity index (χ1n) is 11.9. The molecule has 3 aliphatic rings. The summed E-state index contributed by atoms with van der Waals surface area (Å²) >= 11 is 0. The van der Waals surface area contributed by atoms with Crippen LogP contribution in [-0.2, 0) is 25.6 Å². The number of phenols is 1. The third-order valence-electron chi connectivity index (χ3n) is 7.44. The standard InChI is InChI=1S/C26H31N3O8/c1-11(30)18-23(34)21(29(4)5)14-9-12-8-13-15(27-17(32)10-28(2)3)6-7-16(31)20(13)22(33)19(12)25(36)26(14,37)24(18)35/h6-7,12,14,21,31,33,35,37H,8-10H2,1-5H3,(H,27,32)/t12-,14-,21-,26+/m0/s1. The van der Waals surface area contributed by atoms with E-state index in [2.05, 4.69) is 5.32 Å². The van der Waals surface area contributed by atoms with Crippen LogP contribution in [0.1, 0.15) is 24.5 Å². The first-order valence-corrected chi connectivity index (χ1v) is 11.9. The van der Waals surface area contributed by atoms with E-state index in [1.165, 1.54) is 17.0 Å². The van der Waals surface area contributed by atoms with Crippen LogP contribution in [0.2, 0.25) is 0 Å². The number of fused-ring (bicyclic) bond motifs is 3. The highest BCUT2D eigenvalue weighted by Crippen LogP contribution is 2.53. The van der Waals surface area contributed by atoms with Gasteiger partial charge in [0, 0.05) is 17.2 Å². The fraction of sp³-hybridized carbons (Fsp3) is 0.462. The van der Waals surface area contributed by atoms with E-state index in [1.807, 2.05) is 0 Å². The van der Waals surface area contributed by atoms with Crippen molar-refractivity contribution < 1.29 is 39.6 Å². The average Bonchev–Trinajstić information content (AvgIpc) is 2.77. The molecule has 3 aliphatic carbocycles. The highest BCUT2D eigenvalue weighted by molar-refractivity contribution is 6.25. The van der Waals surface area contributed by atoms with Crippen molar-refractivity contribution in [3.8, 4) is 5.75 Å². The zero-order valence-corrected chi connectivity index (χ0v) is 21.3. The van der Waals surface area contributed by atoms with E-state index in [9.17, 15) is 39.6 Å². The second-order valence-electron chi connectivity index (χ2n) is 10.4. The molecule has 1 aromatic carbocycles. The maximum atomic E-state index is 13.8. The Morgan fingerprint density at radius 3 is 2.32 bits per heavy atom. The molecule has 0 aromatic heterocycles. The van der Waals surface area contributed by atoms with E-state index >= 15 is 0 Å². The molecule has 0 radical (unpaired) electrons. The molecule has 198 valence electrons. The predicted molar refractivity (Wildman–Crippen MR) is 133 cm³/mol. The number of benzene rings is 1. The number of carbonyl (C=O) groups excluding carboxylic acids is 4. The van der Waals surface area contributed by atoms with Gasteiger partial charge in [-0.25, -0.2) is 0 Å². The Labute approximate surface area is 213 Å². The van der Waals surface area contributed by atoms with Crippen LogP contribution in [0.3, 0.4) is 0 Å². The molecule has 0 saturated heterocycles. The van der Waals surface area contributed by atoms with Gasteiger partial charge >= 0.3 is 0 Å². The van der Waals surface area contributed by atoms with Crippen LogP contribution in [0.25, 0.3) is 5.76 Å². The molecule has 5 N–H and O–H groups in total. The Bertz CT molecular complexity index is 1290. The normalized spacial score (nSPS) is 27.3. The lowest BCUT2D eigenvalue weighted by molar-refractivity contribution is -0.153. The molecule has 1 saturated carbocycles. The van der Waals surface area contributed by atoms with Crippen molar-refractivity contribution in [2.24, 2.45) is 11.8 Å². The second-order valence-corrected chi connectivity index (χ2v) is 10.4. The molecule has 0 bridgehead atoms. The maximum absolute atomic E-state index is 13.8. The number of amides is 1. The number of ketones is 3. The molecule has 11 heteroatoms. The number of nitrogens with one attached hydrogen (secondary N) is 1. The molecule has 37 heavy (non-hydrogen) atoms. The van der Waals surface area contributed by atoms with E-state index in [0.29, 0.717) is 11.3 Å². The van der Waals surface area contributed by atoms with E-state index in [0.717, 1.165) is 6.92 Å². The fourth-order valence-electron chi connectivity index (χ4n) is 5.94. The average molecular weight is 514 g/mol. The van der Waals surface area contributed by atoms with Gasteiger partial charge in [0.1, 0.15) is 22.8 Å². The van der Waals surface area contributed by atoms with Crippen LogP contribution in [0.5, 0.6) is 5.75 Å². The molecule has 0 aliphatic heterocycles. The summed E-state index contributed by atoms with van der Waals surface area (Å²) in [7, 11) is 6.61. The summed E-state index contributed by atoms with van der Waals surface area (Å²) in [5, 5.41) is 47.2. The van der Waals surface area contributed by atoms with Crippen molar-refractivity contribution in [1.29, 1.82) is 0 Å². The first-order chi connectivity index (χ1) is 17.2. The number of likely N-dealkylation sites (N-methyl/N-ethyl adjacent to an activating group) is 2. The van der Waals surface area contributed by atoms with Gasteiger partial charge in [0.25, 0.3) is 0 Å². The Balaban J connectivity index is 1.89. The summed E-state index contributed by atoms with van der Waals surface area (Å²) in [5.41, 5.74) is -2.77. The largest absolute Gasteiger partial charge is 0.508 e. The lowest BCUT2D eigenvalue weighted by Gasteiger charge is -2.50. The third-order valence-corrected chi connectivity index (χ3v) is 7.44. The van der Waals surface area contributed by atoms with E-state index in [1.54, 1.807) is 33.1 Å². The van der Waals surface area contributed by atoms with Crippen molar-refractivity contribution in [3.05, 3.63) is 40.2 Å². The van der Waals surface area contributed by atoms with E-state index < -0.39 is 57.9 Å². The number of hydrogen-bond acceptors (Lipinski definition) is 10. The molecule has 0 heterocycles.